The molecule has 359 valence electrons. The van der Waals surface area contributed by atoms with Gasteiger partial charge in [-0.2, -0.15) is 0 Å². The molecule has 0 fully saturated rings. The molecule has 0 heterocycles. The van der Waals surface area contributed by atoms with Crippen molar-refractivity contribution in [1.82, 2.24) is 0 Å². The maximum Gasteiger partial charge on any atom is -0.0238 e. The van der Waals surface area contributed by atoms with Gasteiger partial charge in [-0.15, -0.1) is 0 Å². The molecule has 1 aromatic carbocycles. The molecule has 0 amide bonds. The molecule has 0 aliphatic rings. The molecule has 1 radical (unpaired) electrons. The minimum atomic E-state index is 1.27. The van der Waals surface area contributed by atoms with Gasteiger partial charge in [0.2, 0.25) is 0 Å². The van der Waals surface area contributed by atoms with Gasteiger partial charge in [-0.1, -0.05) is 322 Å². The summed E-state index contributed by atoms with van der Waals surface area (Å²) in [6, 6.07) is 4.98. The summed E-state index contributed by atoms with van der Waals surface area (Å²) < 4.78 is 0. The van der Waals surface area contributed by atoms with E-state index in [1.165, 1.54) is 333 Å². The van der Waals surface area contributed by atoms with Crippen LogP contribution >= 0.6 is 0 Å². The molecule has 0 aliphatic heterocycles. The molecule has 0 saturated heterocycles. The molecule has 0 N–H and O–H groups in total. The smallest absolute Gasteiger partial charge is 0.0238 e. The number of unbranched alkanes of at least 4 members (excludes halogenated alkanes) is 45. The second kappa shape index (κ2) is 48.7. The van der Waals surface area contributed by atoms with E-state index in [9.17, 15) is 0 Å². The van der Waals surface area contributed by atoms with E-state index in [2.05, 4.69) is 39.8 Å². The Kier molecular flexibility index (Phi) is 46.5. The third-order valence-electron chi connectivity index (χ3n) is 14.4. The van der Waals surface area contributed by atoms with Gasteiger partial charge in [-0.3, -0.25) is 0 Å². The quantitative estimate of drug-likeness (QED) is 0.0573. The first kappa shape index (κ1) is 58.2. The molecule has 0 atom stereocenters. The number of rotatable bonds is 51. The Bertz CT molecular complexity index is 915. The van der Waals surface area contributed by atoms with Crippen molar-refractivity contribution >= 4 is 0 Å². The minimum Gasteiger partial charge on any atom is -0.0654 e. The van der Waals surface area contributed by atoms with Gasteiger partial charge in [0, 0.05) is 0 Å². The number of hydrogen-bond donors (Lipinski definition) is 0. The van der Waals surface area contributed by atoms with E-state index < -0.39 is 0 Å². The fourth-order valence-electron chi connectivity index (χ4n) is 10.2. The average Bonchev–Trinajstić information content (AvgIpc) is 3.26. The van der Waals surface area contributed by atoms with Crippen molar-refractivity contribution in [3.63, 3.8) is 0 Å². The molecule has 0 heteroatoms. The van der Waals surface area contributed by atoms with Crippen LogP contribution in [0.5, 0.6) is 0 Å². The van der Waals surface area contributed by atoms with Crippen LogP contribution in [0.4, 0.5) is 0 Å². The monoisotopic (exact) mass is 848 g/mol. The van der Waals surface area contributed by atoms with Gasteiger partial charge in [0.05, 0.1) is 0 Å². The summed E-state index contributed by atoms with van der Waals surface area (Å²) in [6.07, 6.45) is 73.4. The first-order valence-electron chi connectivity index (χ1n) is 29.2. The van der Waals surface area contributed by atoms with E-state index in [1.807, 2.05) is 0 Å². The van der Waals surface area contributed by atoms with Gasteiger partial charge in [0.1, 0.15) is 0 Å². The zero-order valence-electron chi connectivity index (χ0n) is 42.9. The standard InChI is InChI=1S/C61H115/c1-5-8-11-14-17-20-23-26-29-32-35-38-41-44-47-50-53-59-56-58(4)57-60(54-51-48-45-42-39-36-33-30-27-24-21-18-15-12-9-6-2)61(59)55-52-49-46-43-40-37-34-31-28-25-22-19-16-13-10-7-3/h56-57H,4-55H2,1-3H3. The predicted octanol–water partition coefficient (Wildman–Crippen LogP) is 22.3. The van der Waals surface area contributed by atoms with E-state index in [0.717, 1.165) is 0 Å². The Morgan fingerprint density at radius 3 is 0.590 bits per heavy atom. The second-order valence-corrected chi connectivity index (χ2v) is 20.6. The van der Waals surface area contributed by atoms with Gasteiger partial charge in [0.25, 0.3) is 0 Å². The van der Waals surface area contributed by atoms with E-state index in [0.29, 0.717) is 0 Å². The zero-order valence-corrected chi connectivity index (χ0v) is 42.9. The minimum absolute atomic E-state index is 1.27. The van der Waals surface area contributed by atoms with Crippen molar-refractivity contribution in [1.29, 1.82) is 0 Å². The molecule has 0 saturated carbocycles. The summed E-state index contributed by atoms with van der Waals surface area (Å²) >= 11 is 0. The van der Waals surface area contributed by atoms with Crippen LogP contribution in [0.1, 0.15) is 351 Å². The first-order chi connectivity index (χ1) is 30.2. The Labute approximate surface area is 388 Å². The number of hydrogen-bond acceptors (Lipinski definition) is 0. The van der Waals surface area contributed by atoms with Crippen LogP contribution in [0.25, 0.3) is 0 Å². The van der Waals surface area contributed by atoms with E-state index in [4.69, 9.17) is 0 Å². The van der Waals surface area contributed by atoms with Crippen molar-refractivity contribution in [2.75, 3.05) is 0 Å². The van der Waals surface area contributed by atoms with E-state index >= 15 is 0 Å². The largest absolute Gasteiger partial charge is 0.0654 e. The second-order valence-electron chi connectivity index (χ2n) is 20.6. The summed E-state index contributed by atoms with van der Waals surface area (Å²) in [7, 11) is 0. The third-order valence-corrected chi connectivity index (χ3v) is 14.4. The first-order valence-corrected chi connectivity index (χ1v) is 29.2. The summed E-state index contributed by atoms with van der Waals surface area (Å²) in [6.45, 7) is 11.5. The lowest BCUT2D eigenvalue weighted by Gasteiger charge is -2.17. The summed E-state index contributed by atoms with van der Waals surface area (Å²) in [5, 5.41) is 0. The Hall–Kier alpha value is -0.780. The predicted molar refractivity (Wildman–Crippen MR) is 281 cm³/mol. The van der Waals surface area contributed by atoms with Gasteiger partial charge in [-0.25, -0.2) is 0 Å². The topological polar surface area (TPSA) is 0 Å². The Morgan fingerprint density at radius 2 is 0.393 bits per heavy atom. The van der Waals surface area contributed by atoms with Crippen molar-refractivity contribution in [3.05, 3.63) is 41.3 Å². The van der Waals surface area contributed by atoms with Crippen molar-refractivity contribution in [2.24, 2.45) is 0 Å². The van der Waals surface area contributed by atoms with Crippen LogP contribution < -0.4 is 0 Å². The molecule has 61 heavy (non-hydrogen) atoms. The van der Waals surface area contributed by atoms with Gasteiger partial charge >= 0.3 is 0 Å². The summed E-state index contributed by atoms with van der Waals surface area (Å²) in [4.78, 5) is 0. The van der Waals surface area contributed by atoms with Crippen LogP contribution in [-0.2, 0) is 19.3 Å². The Morgan fingerprint density at radius 1 is 0.230 bits per heavy atom. The molecule has 0 nitrogen and oxygen atoms in total. The van der Waals surface area contributed by atoms with Crippen LogP contribution in [0, 0.1) is 6.92 Å². The van der Waals surface area contributed by atoms with Crippen molar-refractivity contribution in [3.8, 4) is 0 Å². The highest BCUT2D eigenvalue weighted by atomic mass is 14.2. The van der Waals surface area contributed by atoms with Crippen LogP contribution in [0.2, 0.25) is 0 Å². The van der Waals surface area contributed by atoms with Crippen molar-refractivity contribution in [2.45, 2.75) is 348 Å². The van der Waals surface area contributed by atoms with E-state index in [-0.39, 0.29) is 0 Å². The molecule has 0 unspecified atom stereocenters. The number of aryl methyl sites for hydroxylation is 2. The average molecular weight is 849 g/mol. The lowest BCUT2D eigenvalue weighted by molar-refractivity contribution is 0.527. The highest BCUT2D eigenvalue weighted by Crippen LogP contribution is 2.26. The maximum atomic E-state index is 4.51. The maximum absolute atomic E-state index is 4.51. The zero-order chi connectivity index (χ0) is 43.8. The van der Waals surface area contributed by atoms with Crippen LogP contribution in [-0.4, -0.2) is 0 Å². The van der Waals surface area contributed by atoms with Gasteiger partial charge in [0.15, 0.2) is 0 Å². The molecule has 0 bridgehead atoms. The molecule has 1 rings (SSSR count). The highest BCUT2D eigenvalue weighted by molar-refractivity contribution is 5.41. The normalized spacial score (nSPS) is 11.7. The molecule has 0 aromatic heterocycles. The SMILES string of the molecule is [CH2]c1cc(CCCCCCCCCCCCCCCCCC)c(CCCCCCCCCCCCCCCCCC)c(CCCCCCCCCCCCCCCCCC)c1. The summed E-state index contributed by atoms with van der Waals surface area (Å²) in [5.74, 6) is 0. The van der Waals surface area contributed by atoms with Crippen molar-refractivity contribution < 1.29 is 0 Å². The fraction of sp³-hybridized carbons (Fsp3) is 0.885. The van der Waals surface area contributed by atoms with E-state index in [1.54, 1.807) is 16.7 Å². The van der Waals surface area contributed by atoms with Crippen LogP contribution in [0.3, 0.4) is 0 Å². The number of benzene rings is 1. The van der Waals surface area contributed by atoms with Gasteiger partial charge in [-0.05, 0) is 67.7 Å². The van der Waals surface area contributed by atoms with Gasteiger partial charge < -0.3 is 0 Å². The molecular weight excluding hydrogens is 733 g/mol. The Balaban J connectivity index is 2.37. The highest BCUT2D eigenvalue weighted by Gasteiger charge is 2.11. The van der Waals surface area contributed by atoms with Crippen LogP contribution in [0.15, 0.2) is 12.1 Å². The molecule has 0 aliphatic carbocycles. The molecular formula is C61H115. The summed E-state index contributed by atoms with van der Waals surface area (Å²) in [5.41, 5.74) is 6.36. The lowest BCUT2D eigenvalue weighted by Crippen LogP contribution is -2.03. The fourth-order valence-corrected chi connectivity index (χ4v) is 10.2. The third kappa shape index (κ3) is 40.5. The lowest BCUT2D eigenvalue weighted by atomic mass is 9.88. The molecule has 1 aromatic rings. The molecule has 0 spiro atoms.